The van der Waals surface area contributed by atoms with Gasteiger partial charge in [-0.1, -0.05) is 12.1 Å². The number of hydrogen-bond donors (Lipinski definition) is 0. The molecule has 0 amide bonds. The van der Waals surface area contributed by atoms with Crippen LogP contribution in [0.15, 0.2) is 56.4 Å². The number of nitrogens with zero attached hydrogens (tertiary/aromatic N) is 8. The molecule has 8 nitrogen and oxygen atoms in total. The van der Waals surface area contributed by atoms with Crippen LogP contribution in [0.1, 0.15) is 76.2 Å². The van der Waals surface area contributed by atoms with Crippen LogP contribution in [0.25, 0.3) is 0 Å². The number of rotatable bonds is 0. The van der Waals surface area contributed by atoms with E-state index in [-0.39, 0.29) is 41.9 Å². The van der Waals surface area contributed by atoms with Crippen molar-refractivity contribution in [2.24, 2.45) is 20.0 Å². The summed E-state index contributed by atoms with van der Waals surface area (Å²) in [4.78, 5) is 32.6. The molecule has 0 aromatic carbocycles. The molecule has 2 aliphatic heterocycles. The van der Waals surface area contributed by atoms with Crippen molar-refractivity contribution in [2.75, 3.05) is 66.5 Å². The molecule has 0 saturated heterocycles. The molecule has 43 heavy (non-hydrogen) atoms. The zero-order valence-electron chi connectivity index (χ0n) is 26.7. The Morgan fingerprint density at radius 3 is 0.930 bits per heavy atom. The van der Waals surface area contributed by atoms with E-state index in [0.717, 1.165) is 124 Å². The van der Waals surface area contributed by atoms with Crippen LogP contribution in [0.5, 0.6) is 0 Å². The molecule has 2 aromatic rings. The summed E-state index contributed by atoms with van der Waals surface area (Å²) >= 11 is 0. The van der Waals surface area contributed by atoms with Crippen molar-refractivity contribution < 1.29 is 41.9 Å². The zero-order chi connectivity index (χ0) is 28.7. The van der Waals surface area contributed by atoms with E-state index in [1.807, 2.05) is 64.1 Å². The largest absolute Gasteiger partial charge is 2.00 e. The van der Waals surface area contributed by atoms with E-state index >= 15 is 0 Å². The third kappa shape index (κ3) is 15.0. The van der Waals surface area contributed by atoms with E-state index in [2.05, 4.69) is 53.8 Å². The van der Waals surface area contributed by atoms with Gasteiger partial charge in [0.1, 0.15) is 0 Å². The van der Waals surface area contributed by atoms with Crippen LogP contribution in [0.4, 0.5) is 0 Å². The normalized spacial score (nSPS) is 17.6. The monoisotopic (exact) mass is 669 g/mol. The topological polar surface area (TPSA) is 81.7 Å². The SMILES string of the molecule is CC1=NCCCN(C)CCCN=C(C)c2cccc1n2.CC1=NCCCN(C)CCCN=C(C)c2cccc1n2.[Cl-].[Cl-].[Mn+2]. The first-order valence-electron chi connectivity index (χ1n) is 14.7. The van der Waals surface area contributed by atoms with Crippen molar-refractivity contribution in [1.82, 2.24) is 19.8 Å². The van der Waals surface area contributed by atoms with Crippen LogP contribution in [0, 0.1) is 0 Å². The summed E-state index contributed by atoms with van der Waals surface area (Å²) in [6.45, 7) is 16.0. The predicted molar refractivity (Wildman–Crippen MR) is 170 cm³/mol. The Hall–Kier alpha value is -2.00. The number of fused-ring (bicyclic) bond motifs is 4. The van der Waals surface area contributed by atoms with Gasteiger partial charge in [0.05, 0.1) is 45.6 Å². The number of hydrogen-bond acceptors (Lipinski definition) is 8. The minimum Gasteiger partial charge on any atom is -1.00 e. The van der Waals surface area contributed by atoms with E-state index in [1.165, 1.54) is 0 Å². The van der Waals surface area contributed by atoms with E-state index in [9.17, 15) is 0 Å². The van der Waals surface area contributed by atoms with Crippen LogP contribution in [0.2, 0.25) is 0 Å². The van der Waals surface area contributed by atoms with Crippen molar-refractivity contribution in [3.05, 3.63) is 59.2 Å². The maximum Gasteiger partial charge on any atom is 2.00 e. The van der Waals surface area contributed by atoms with E-state index in [4.69, 9.17) is 0 Å². The Balaban J connectivity index is 0.000000767. The van der Waals surface area contributed by atoms with Crippen LogP contribution < -0.4 is 24.8 Å². The summed E-state index contributed by atoms with van der Waals surface area (Å²) in [5, 5.41) is 0. The molecule has 4 rings (SSSR count). The molecule has 0 fully saturated rings. The van der Waals surface area contributed by atoms with Crippen molar-refractivity contribution in [3.63, 3.8) is 0 Å². The molecule has 0 spiro atoms. The average Bonchev–Trinajstić information content (AvgIpc) is 2.97. The molecule has 0 atom stereocenters. The van der Waals surface area contributed by atoms with Gasteiger partial charge in [-0.05, 0) is 118 Å². The van der Waals surface area contributed by atoms with Crippen molar-refractivity contribution in [2.45, 2.75) is 53.4 Å². The van der Waals surface area contributed by atoms with Gasteiger partial charge in [0.25, 0.3) is 0 Å². The average molecular weight is 671 g/mol. The van der Waals surface area contributed by atoms with Crippen molar-refractivity contribution in [3.8, 4) is 0 Å². The molecular formula is C32H48Cl2MnN8. The summed E-state index contributed by atoms with van der Waals surface area (Å²) in [6.07, 6.45) is 4.37. The molecule has 4 bridgehead atoms. The first kappa shape index (κ1) is 41.0. The van der Waals surface area contributed by atoms with Gasteiger partial charge in [0.2, 0.25) is 0 Å². The van der Waals surface area contributed by atoms with Crippen LogP contribution >= 0.6 is 0 Å². The predicted octanol–water partition coefficient (Wildman–Crippen LogP) is -1.14. The first-order chi connectivity index (χ1) is 19.3. The Kier molecular flexibility index (Phi) is 21.5. The molecule has 0 aliphatic carbocycles. The fraction of sp³-hybridized carbons (Fsp3) is 0.562. The number of halogens is 2. The van der Waals surface area contributed by atoms with Gasteiger partial charge in [0, 0.05) is 26.2 Å². The third-order valence-corrected chi connectivity index (χ3v) is 7.17. The summed E-state index contributed by atoms with van der Waals surface area (Å²) < 4.78 is 0. The fourth-order valence-electron chi connectivity index (χ4n) is 4.57. The molecule has 1 radical (unpaired) electrons. The zero-order valence-corrected chi connectivity index (χ0v) is 29.4. The van der Waals surface area contributed by atoms with Crippen LogP contribution in [0.3, 0.4) is 0 Å². The van der Waals surface area contributed by atoms with Crippen LogP contribution in [-0.4, -0.2) is 109 Å². The Bertz CT molecular complexity index is 1040. The standard InChI is InChI=1S/2C16H24N4.2ClH.Mn/c2*1-13-15-7-4-8-16(19-15)14(2)18-10-6-12-20(3)11-5-9-17-13;;;/h2*4,7-8H,5-6,9-12H2,1-3H3;2*1H;/q;;;;+2/p-2. The molecule has 2 aliphatic rings. The quantitative estimate of drug-likeness (QED) is 0.332. The molecule has 0 saturated carbocycles. The Labute approximate surface area is 282 Å². The molecule has 0 unspecified atom stereocenters. The molecule has 0 N–H and O–H groups in total. The Morgan fingerprint density at radius 1 is 0.465 bits per heavy atom. The number of aliphatic imine (C=N–C) groups is 4. The molecule has 2 aromatic heterocycles. The Morgan fingerprint density at radius 2 is 0.698 bits per heavy atom. The maximum atomic E-state index is 4.67. The molecular weight excluding hydrogens is 622 g/mol. The van der Waals surface area contributed by atoms with Gasteiger partial charge in [0.15, 0.2) is 0 Å². The summed E-state index contributed by atoms with van der Waals surface area (Å²) in [6, 6.07) is 12.2. The van der Waals surface area contributed by atoms with Gasteiger partial charge in [-0.2, -0.15) is 0 Å². The molecule has 237 valence electrons. The number of aromatic nitrogens is 2. The minimum atomic E-state index is 0. The smallest absolute Gasteiger partial charge is 1.00 e. The van der Waals surface area contributed by atoms with Crippen molar-refractivity contribution >= 4 is 22.8 Å². The van der Waals surface area contributed by atoms with Gasteiger partial charge in [-0.15, -0.1) is 0 Å². The van der Waals surface area contributed by atoms with E-state index in [0.29, 0.717) is 0 Å². The third-order valence-electron chi connectivity index (χ3n) is 7.17. The van der Waals surface area contributed by atoms with Gasteiger partial charge < -0.3 is 34.6 Å². The maximum absolute atomic E-state index is 4.67. The van der Waals surface area contributed by atoms with Crippen LogP contribution in [-0.2, 0) is 17.1 Å². The van der Waals surface area contributed by atoms with E-state index < -0.39 is 0 Å². The number of pyridine rings is 2. The second-order valence-electron chi connectivity index (χ2n) is 10.7. The van der Waals surface area contributed by atoms with E-state index in [1.54, 1.807) is 0 Å². The first-order valence-corrected chi connectivity index (χ1v) is 14.7. The molecule has 11 heteroatoms. The van der Waals surface area contributed by atoms with Gasteiger partial charge in [-0.25, -0.2) is 9.97 Å². The fourth-order valence-corrected chi connectivity index (χ4v) is 4.57. The molecule has 4 heterocycles. The second kappa shape index (κ2) is 22.5. The minimum absolute atomic E-state index is 0. The summed E-state index contributed by atoms with van der Waals surface area (Å²) in [5.74, 6) is 0. The summed E-state index contributed by atoms with van der Waals surface area (Å²) in [7, 11) is 4.34. The van der Waals surface area contributed by atoms with Crippen molar-refractivity contribution in [1.29, 1.82) is 0 Å². The van der Waals surface area contributed by atoms with Gasteiger partial charge in [-0.3, -0.25) is 20.0 Å². The van der Waals surface area contributed by atoms with Gasteiger partial charge >= 0.3 is 17.1 Å². The second-order valence-corrected chi connectivity index (χ2v) is 10.7. The summed E-state index contributed by atoms with van der Waals surface area (Å²) in [5.41, 5.74) is 7.90.